The Morgan fingerprint density at radius 3 is 2.20 bits per heavy atom. The fraction of sp³-hybridized carbons (Fsp3) is 0.100. The third kappa shape index (κ3) is 2.85. The molecule has 0 aliphatic carbocycles. The molecule has 0 aliphatic heterocycles. The monoisotopic (exact) mass is 461 g/mol. The van der Waals surface area contributed by atoms with Gasteiger partial charge in [0.2, 0.25) is 0 Å². The van der Waals surface area contributed by atoms with E-state index in [9.17, 15) is 4.39 Å². The minimum Gasteiger partial charge on any atom is -0.451 e. The standard InChI is InChI=1S/C20H17FINOSi/c1-25(2)14-11-9-13(10-12-14)23(22)18-8-4-6-16-15-5-3-7-17(21)19(15)24-20(16)18/h3-12,25H,1-2H3. The summed E-state index contributed by atoms with van der Waals surface area (Å²) >= 11 is 2.27. The van der Waals surface area contributed by atoms with E-state index in [2.05, 4.69) is 63.3 Å². The summed E-state index contributed by atoms with van der Waals surface area (Å²) in [7, 11) is -0.802. The lowest BCUT2D eigenvalue weighted by Gasteiger charge is -2.17. The van der Waals surface area contributed by atoms with Crippen LogP contribution >= 0.6 is 22.9 Å². The van der Waals surface area contributed by atoms with E-state index in [0.29, 0.717) is 11.2 Å². The molecule has 0 aliphatic rings. The molecule has 0 unspecified atom stereocenters. The van der Waals surface area contributed by atoms with Crippen molar-refractivity contribution in [2.75, 3.05) is 3.11 Å². The molecule has 1 heterocycles. The Bertz CT molecular complexity index is 1060. The Hall–Kier alpha value is -1.86. The molecule has 0 bridgehead atoms. The first-order valence-corrected chi connectivity index (χ1v) is 12.1. The molecular formula is C20H17FINOSi. The summed E-state index contributed by atoms with van der Waals surface area (Å²) in [5, 5.41) is 3.18. The summed E-state index contributed by atoms with van der Waals surface area (Å²) in [6.07, 6.45) is 0. The summed E-state index contributed by atoms with van der Waals surface area (Å²) < 4.78 is 22.1. The van der Waals surface area contributed by atoms with Gasteiger partial charge in [0.15, 0.2) is 17.0 Å². The highest BCUT2D eigenvalue weighted by molar-refractivity contribution is 14.1. The van der Waals surface area contributed by atoms with Crippen LogP contribution in [0, 0.1) is 5.82 Å². The summed E-state index contributed by atoms with van der Waals surface area (Å²) in [4.78, 5) is 0. The topological polar surface area (TPSA) is 16.4 Å². The zero-order valence-corrected chi connectivity index (χ0v) is 17.3. The van der Waals surface area contributed by atoms with Crippen LogP contribution < -0.4 is 8.30 Å². The third-order valence-corrected chi connectivity index (χ3v) is 7.25. The summed E-state index contributed by atoms with van der Waals surface area (Å²) in [5.41, 5.74) is 3.02. The molecule has 0 saturated heterocycles. The number of hydrogen-bond donors (Lipinski definition) is 0. The number of halogens is 2. The SMILES string of the molecule is C[SiH](C)c1ccc(N(I)c2cccc3c2oc2c(F)cccc23)cc1. The normalized spacial score (nSPS) is 11.6. The van der Waals surface area contributed by atoms with Crippen molar-refractivity contribution in [2.24, 2.45) is 0 Å². The van der Waals surface area contributed by atoms with E-state index in [1.807, 2.05) is 24.3 Å². The van der Waals surface area contributed by atoms with Crippen LogP contribution in [0.25, 0.3) is 21.9 Å². The van der Waals surface area contributed by atoms with Crippen molar-refractivity contribution < 1.29 is 8.81 Å². The highest BCUT2D eigenvalue weighted by Crippen LogP contribution is 2.39. The molecule has 0 spiro atoms. The van der Waals surface area contributed by atoms with Crippen molar-refractivity contribution in [1.82, 2.24) is 0 Å². The Morgan fingerprint density at radius 2 is 1.52 bits per heavy atom. The molecule has 0 fully saturated rings. The Labute approximate surface area is 161 Å². The number of nitrogens with zero attached hydrogens (tertiary/aromatic N) is 1. The molecule has 2 nitrogen and oxygen atoms in total. The van der Waals surface area contributed by atoms with Crippen LogP contribution in [0.3, 0.4) is 0 Å². The molecule has 25 heavy (non-hydrogen) atoms. The molecule has 1 aromatic heterocycles. The highest BCUT2D eigenvalue weighted by atomic mass is 127. The summed E-state index contributed by atoms with van der Waals surface area (Å²) in [5.74, 6) is -0.328. The van der Waals surface area contributed by atoms with Gasteiger partial charge in [-0.3, -0.25) is 3.11 Å². The van der Waals surface area contributed by atoms with E-state index >= 15 is 0 Å². The van der Waals surface area contributed by atoms with Gasteiger partial charge in [-0.15, -0.1) is 0 Å². The largest absolute Gasteiger partial charge is 0.451 e. The second-order valence-electron chi connectivity index (χ2n) is 6.40. The van der Waals surface area contributed by atoms with Crippen LogP contribution in [0.15, 0.2) is 65.1 Å². The Morgan fingerprint density at radius 1 is 0.880 bits per heavy atom. The van der Waals surface area contributed by atoms with Gasteiger partial charge in [-0.05, 0) is 24.3 Å². The molecule has 0 saturated carbocycles. The second kappa shape index (κ2) is 6.46. The van der Waals surface area contributed by atoms with E-state index in [-0.39, 0.29) is 5.82 Å². The first-order valence-electron chi connectivity index (χ1n) is 8.22. The van der Waals surface area contributed by atoms with E-state index in [4.69, 9.17) is 4.42 Å². The molecule has 0 N–H and O–H groups in total. The van der Waals surface area contributed by atoms with E-state index in [0.717, 1.165) is 22.1 Å². The lowest BCUT2D eigenvalue weighted by atomic mass is 10.1. The van der Waals surface area contributed by atoms with Gasteiger partial charge < -0.3 is 4.42 Å². The molecule has 0 radical (unpaired) electrons. The van der Waals surface area contributed by atoms with Crippen molar-refractivity contribution in [1.29, 1.82) is 0 Å². The fourth-order valence-electron chi connectivity index (χ4n) is 3.05. The first-order chi connectivity index (χ1) is 12.1. The van der Waals surface area contributed by atoms with Crippen LogP contribution in [0.1, 0.15) is 0 Å². The number of fused-ring (bicyclic) bond motifs is 3. The average Bonchev–Trinajstić information content (AvgIpc) is 3.01. The number of hydrogen-bond acceptors (Lipinski definition) is 2. The van der Waals surface area contributed by atoms with Crippen molar-refractivity contribution >= 4 is 70.2 Å². The van der Waals surface area contributed by atoms with Crippen molar-refractivity contribution in [3.8, 4) is 0 Å². The lowest BCUT2D eigenvalue weighted by molar-refractivity contribution is 0.584. The molecule has 0 amide bonds. The van der Waals surface area contributed by atoms with Crippen molar-refractivity contribution in [3.05, 3.63) is 66.5 Å². The van der Waals surface area contributed by atoms with Crippen molar-refractivity contribution in [3.63, 3.8) is 0 Å². The van der Waals surface area contributed by atoms with Gasteiger partial charge >= 0.3 is 0 Å². The van der Waals surface area contributed by atoms with Gasteiger partial charge in [-0.25, -0.2) is 4.39 Å². The van der Waals surface area contributed by atoms with Gasteiger partial charge in [0.05, 0.1) is 43.0 Å². The average molecular weight is 461 g/mol. The van der Waals surface area contributed by atoms with Crippen molar-refractivity contribution in [2.45, 2.75) is 13.1 Å². The van der Waals surface area contributed by atoms with Crippen LogP contribution in [0.2, 0.25) is 13.1 Å². The molecule has 3 aromatic carbocycles. The van der Waals surface area contributed by atoms with E-state index < -0.39 is 8.80 Å². The maximum absolute atomic E-state index is 14.1. The smallest absolute Gasteiger partial charge is 0.171 e. The lowest BCUT2D eigenvalue weighted by Crippen LogP contribution is -2.22. The highest BCUT2D eigenvalue weighted by Gasteiger charge is 2.17. The quantitative estimate of drug-likeness (QED) is 0.214. The summed E-state index contributed by atoms with van der Waals surface area (Å²) in [6, 6.07) is 19.7. The molecule has 126 valence electrons. The number of benzene rings is 3. The van der Waals surface area contributed by atoms with Gasteiger partial charge in [-0.1, -0.05) is 54.7 Å². The fourth-order valence-corrected chi connectivity index (χ4v) is 4.72. The molecule has 4 rings (SSSR count). The molecular weight excluding hydrogens is 444 g/mol. The van der Waals surface area contributed by atoms with Crippen LogP contribution in [0.4, 0.5) is 15.8 Å². The minimum atomic E-state index is -0.802. The number of anilines is 2. The predicted molar refractivity (Wildman–Crippen MR) is 115 cm³/mol. The summed E-state index contributed by atoms with van der Waals surface area (Å²) in [6.45, 7) is 4.64. The van der Waals surface area contributed by atoms with Crippen LogP contribution in [-0.4, -0.2) is 8.80 Å². The number of para-hydroxylation sites is 2. The zero-order valence-electron chi connectivity index (χ0n) is 14.0. The molecule has 5 heteroatoms. The number of rotatable bonds is 3. The van der Waals surface area contributed by atoms with Gasteiger partial charge in [0.25, 0.3) is 0 Å². The van der Waals surface area contributed by atoms with Gasteiger partial charge in [-0.2, -0.15) is 0 Å². The number of furan rings is 1. The third-order valence-electron chi connectivity index (χ3n) is 4.45. The van der Waals surface area contributed by atoms with Gasteiger partial charge in [0, 0.05) is 10.8 Å². The van der Waals surface area contributed by atoms with Crippen LogP contribution in [-0.2, 0) is 0 Å². The Balaban J connectivity index is 1.85. The molecule has 0 atom stereocenters. The second-order valence-corrected chi connectivity index (χ2v) is 10.3. The van der Waals surface area contributed by atoms with E-state index in [1.165, 1.54) is 11.3 Å². The van der Waals surface area contributed by atoms with Gasteiger partial charge in [0.1, 0.15) is 0 Å². The predicted octanol–water partition coefficient (Wildman–Crippen LogP) is 5.91. The van der Waals surface area contributed by atoms with E-state index in [1.54, 1.807) is 6.07 Å². The van der Waals surface area contributed by atoms with Crippen LogP contribution in [0.5, 0.6) is 0 Å². The molecule has 4 aromatic rings. The first kappa shape index (κ1) is 16.6. The maximum atomic E-state index is 14.1. The zero-order chi connectivity index (χ0) is 17.6. The minimum absolute atomic E-state index is 0.316. The maximum Gasteiger partial charge on any atom is 0.171 e. The Kier molecular flexibility index (Phi) is 4.29.